The quantitative estimate of drug-likeness (QED) is 0.857. The van der Waals surface area contributed by atoms with Crippen LogP contribution in [0.1, 0.15) is 55.8 Å². The van der Waals surface area contributed by atoms with E-state index in [2.05, 4.69) is 17.6 Å². The predicted molar refractivity (Wildman–Crippen MR) is 84.1 cm³/mol. The molecule has 0 aromatic heterocycles. The third kappa shape index (κ3) is 3.99. The van der Waals surface area contributed by atoms with Crippen LogP contribution in [0.25, 0.3) is 0 Å². The Kier molecular flexibility index (Phi) is 5.45. The highest BCUT2D eigenvalue weighted by molar-refractivity contribution is 5.94. The summed E-state index contributed by atoms with van der Waals surface area (Å²) < 4.78 is 0. The Labute approximate surface area is 122 Å². The summed E-state index contributed by atoms with van der Waals surface area (Å²) in [5.41, 5.74) is 1.83. The summed E-state index contributed by atoms with van der Waals surface area (Å²) >= 11 is 0. The minimum Gasteiger partial charge on any atom is -0.382 e. The fraction of sp³-hybridized carbons (Fsp3) is 0.588. The molecule has 0 heterocycles. The Morgan fingerprint density at radius 3 is 2.35 bits per heavy atom. The summed E-state index contributed by atoms with van der Waals surface area (Å²) in [6, 6.07) is 8.35. The smallest absolute Gasteiger partial charge is 0.251 e. The summed E-state index contributed by atoms with van der Waals surface area (Å²) in [4.78, 5) is 11.5. The van der Waals surface area contributed by atoms with Crippen molar-refractivity contribution in [3.05, 3.63) is 29.8 Å². The first kappa shape index (κ1) is 14.9. The van der Waals surface area contributed by atoms with Crippen LogP contribution in [0.4, 0.5) is 5.69 Å². The monoisotopic (exact) mass is 274 g/mol. The molecule has 0 saturated heterocycles. The minimum absolute atomic E-state index is 0.0309. The maximum absolute atomic E-state index is 11.5. The second-order valence-corrected chi connectivity index (χ2v) is 5.81. The number of hydrogen-bond donors (Lipinski definition) is 2. The van der Waals surface area contributed by atoms with Gasteiger partial charge in [-0.15, -0.1) is 0 Å². The molecule has 20 heavy (non-hydrogen) atoms. The average molecular weight is 274 g/mol. The van der Waals surface area contributed by atoms with Gasteiger partial charge in [0.2, 0.25) is 0 Å². The average Bonchev–Trinajstić information content (AvgIpc) is 2.49. The van der Waals surface area contributed by atoms with Gasteiger partial charge in [0.1, 0.15) is 0 Å². The number of anilines is 1. The summed E-state index contributed by atoms with van der Waals surface area (Å²) in [7, 11) is 1.66. The van der Waals surface area contributed by atoms with E-state index in [-0.39, 0.29) is 5.91 Å². The van der Waals surface area contributed by atoms with Crippen molar-refractivity contribution in [2.75, 3.05) is 12.4 Å². The van der Waals surface area contributed by atoms with Crippen LogP contribution in [0.3, 0.4) is 0 Å². The van der Waals surface area contributed by atoms with Crippen molar-refractivity contribution in [3.8, 4) is 0 Å². The van der Waals surface area contributed by atoms with Gasteiger partial charge in [0, 0.05) is 24.3 Å². The van der Waals surface area contributed by atoms with Crippen molar-refractivity contribution in [2.24, 2.45) is 5.92 Å². The van der Waals surface area contributed by atoms with Crippen LogP contribution in [0.2, 0.25) is 0 Å². The van der Waals surface area contributed by atoms with Crippen molar-refractivity contribution >= 4 is 11.6 Å². The largest absolute Gasteiger partial charge is 0.382 e. The fourth-order valence-corrected chi connectivity index (χ4v) is 3.10. The molecule has 1 aliphatic rings. The summed E-state index contributed by atoms with van der Waals surface area (Å²) in [6.45, 7) is 2.28. The number of carbonyl (C=O) groups is 1. The molecule has 2 rings (SSSR count). The second kappa shape index (κ2) is 7.32. The van der Waals surface area contributed by atoms with E-state index >= 15 is 0 Å². The number of carbonyl (C=O) groups excluding carboxylic acids is 1. The second-order valence-electron chi connectivity index (χ2n) is 5.81. The lowest BCUT2D eigenvalue weighted by Crippen LogP contribution is -2.26. The Balaban J connectivity index is 1.84. The fourth-order valence-electron chi connectivity index (χ4n) is 3.10. The third-order valence-electron chi connectivity index (χ3n) is 4.29. The van der Waals surface area contributed by atoms with Gasteiger partial charge in [0.05, 0.1) is 0 Å². The normalized spacial score (nSPS) is 22.3. The first-order chi connectivity index (χ1) is 9.72. The molecule has 3 nitrogen and oxygen atoms in total. The van der Waals surface area contributed by atoms with E-state index in [1.165, 1.54) is 38.5 Å². The molecule has 1 amide bonds. The Morgan fingerprint density at radius 1 is 1.15 bits per heavy atom. The zero-order valence-electron chi connectivity index (χ0n) is 12.6. The van der Waals surface area contributed by atoms with Crippen LogP contribution in [0.5, 0.6) is 0 Å². The lowest BCUT2D eigenvalue weighted by Gasteiger charge is -2.29. The van der Waals surface area contributed by atoms with Crippen LogP contribution in [0, 0.1) is 5.92 Å². The molecule has 1 aliphatic carbocycles. The highest BCUT2D eigenvalue weighted by Gasteiger charge is 2.20. The van der Waals surface area contributed by atoms with E-state index in [4.69, 9.17) is 0 Å². The summed E-state index contributed by atoms with van der Waals surface area (Å²) in [6.07, 6.45) is 7.92. The first-order valence-corrected chi connectivity index (χ1v) is 7.81. The van der Waals surface area contributed by atoms with Crippen LogP contribution in [-0.2, 0) is 0 Å². The van der Waals surface area contributed by atoms with E-state index in [1.807, 2.05) is 24.3 Å². The standard InChI is InChI=1S/C17H26N2O/c1-3-4-13-5-9-15(10-6-13)19-16-11-7-14(8-12-16)17(20)18-2/h7-8,11-13,15,19H,3-6,9-10H2,1-2H3,(H,18,20). The van der Waals surface area contributed by atoms with E-state index in [1.54, 1.807) is 7.05 Å². The molecular formula is C17H26N2O. The van der Waals surface area contributed by atoms with Gasteiger partial charge in [0.15, 0.2) is 0 Å². The molecule has 1 aromatic rings. The number of benzene rings is 1. The van der Waals surface area contributed by atoms with E-state index < -0.39 is 0 Å². The first-order valence-electron chi connectivity index (χ1n) is 7.81. The van der Waals surface area contributed by atoms with Crippen LogP contribution in [0.15, 0.2) is 24.3 Å². The Morgan fingerprint density at radius 2 is 1.80 bits per heavy atom. The third-order valence-corrected chi connectivity index (χ3v) is 4.29. The predicted octanol–water partition coefficient (Wildman–Crippen LogP) is 3.82. The lowest BCUT2D eigenvalue weighted by atomic mass is 9.83. The topological polar surface area (TPSA) is 41.1 Å². The van der Waals surface area contributed by atoms with E-state index in [0.29, 0.717) is 11.6 Å². The van der Waals surface area contributed by atoms with Crippen molar-refractivity contribution in [3.63, 3.8) is 0 Å². The van der Waals surface area contributed by atoms with Crippen molar-refractivity contribution in [1.29, 1.82) is 0 Å². The van der Waals surface area contributed by atoms with Crippen molar-refractivity contribution in [2.45, 2.75) is 51.5 Å². The van der Waals surface area contributed by atoms with Gasteiger partial charge in [-0.05, 0) is 55.9 Å². The van der Waals surface area contributed by atoms with Gasteiger partial charge < -0.3 is 10.6 Å². The molecule has 0 spiro atoms. The maximum Gasteiger partial charge on any atom is 0.251 e. The molecule has 0 bridgehead atoms. The SMILES string of the molecule is CCCC1CCC(Nc2ccc(C(=O)NC)cc2)CC1. The Bertz CT molecular complexity index is 419. The molecule has 3 heteroatoms. The molecule has 0 atom stereocenters. The molecule has 2 N–H and O–H groups in total. The maximum atomic E-state index is 11.5. The number of rotatable bonds is 5. The molecule has 0 radical (unpaired) electrons. The molecule has 0 aliphatic heterocycles. The lowest BCUT2D eigenvalue weighted by molar-refractivity contribution is 0.0963. The van der Waals surface area contributed by atoms with Gasteiger partial charge in [-0.25, -0.2) is 0 Å². The van der Waals surface area contributed by atoms with Crippen LogP contribution < -0.4 is 10.6 Å². The molecule has 1 saturated carbocycles. The van der Waals surface area contributed by atoms with Gasteiger partial charge >= 0.3 is 0 Å². The molecule has 1 aromatic carbocycles. The van der Waals surface area contributed by atoms with E-state index in [9.17, 15) is 4.79 Å². The highest BCUT2D eigenvalue weighted by atomic mass is 16.1. The summed E-state index contributed by atoms with van der Waals surface area (Å²) in [5.74, 6) is 0.908. The Hall–Kier alpha value is -1.51. The van der Waals surface area contributed by atoms with Gasteiger partial charge in [0.25, 0.3) is 5.91 Å². The molecule has 110 valence electrons. The number of nitrogens with one attached hydrogen (secondary N) is 2. The van der Waals surface area contributed by atoms with Crippen molar-refractivity contribution in [1.82, 2.24) is 5.32 Å². The number of amides is 1. The number of hydrogen-bond acceptors (Lipinski definition) is 2. The minimum atomic E-state index is -0.0309. The zero-order chi connectivity index (χ0) is 14.4. The van der Waals surface area contributed by atoms with Gasteiger partial charge in [-0.2, -0.15) is 0 Å². The van der Waals surface area contributed by atoms with E-state index in [0.717, 1.165) is 11.6 Å². The highest BCUT2D eigenvalue weighted by Crippen LogP contribution is 2.29. The zero-order valence-corrected chi connectivity index (χ0v) is 12.6. The van der Waals surface area contributed by atoms with Gasteiger partial charge in [-0.1, -0.05) is 19.8 Å². The van der Waals surface area contributed by atoms with Gasteiger partial charge in [-0.3, -0.25) is 4.79 Å². The summed E-state index contributed by atoms with van der Waals surface area (Å²) in [5, 5.41) is 6.24. The van der Waals surface area contributed by atoms with Crippen LogP contribution in [-0.4, -0.2) is 19.0 Å². The van der Waals surface area contributed by atoms with Crippen molar-refractivity contribution < 1.29 is 4.79 Å². The molecular weight excluding hydrogens is 248 g/mol. The molecule has 0 unspecified atom stereocenters. The van der Waals surface area contributed by atoms with Crippen LogP contribution >= 0.6 is 0 Å². The molecule has 1 fully saturated rings.